The van der Waals surface area contributed by atoms with Gasteiger partial charge in [0.1, 0.15) is 0 Å². The van der Waals surface area contributed by atoms with Gasteiger partial charge < -0.3 is 10.0 Å². The van der Waals surface area contributed by atoms with Crippen LogP contribution in [0.25, 0.3) is 0 Å². The highest BCUT2D eigenvalue weighted by Crippen LogP contribution is 2.32. The van der Waals surface area contributed by atoms with E-state index in [2.05, 4.69) is 0 Å². The summed E-state index contributed by atoms with van der Waals surface area (Å²) in [4.78, 5) is 27.2. The lowest BCUT2D eigenvalue weighted by Gasteiger charge is -2.22. The Hall–Kier alpha value is -1.36. The maximum Gasteiger partial charge on any atom is 0.305 e. The third-order valence-electron chi connectivity index (χ3n) is 4.01. The van der Waals surface area contributed by atoms with E-state index >= 15 is 0 Å². The molecule has 0 radical (unpaired) electrons. The summed E-state index contributed by atoms with van der Waals surface area (Å²) in [6, 6.07) is 1.90. The van der Waals surface area contributed by atoms with Crippen LogP contribution < -0.4 is 0 Å². The van der Waals surface area contributed by atoms with E-state index in [0.29, 0.717) is 6.54 Å². The second-order valence-electron chi connectivity index (χ2n) is 5.31. The maximum absolute atomic E-state index is 12.5. The zero-order valence-corrected chi connectivity index (χ0v) is 11.5. The molecule has 102 valence electrons. The number of rotatable bonds is 3. The van der Waals surface area contributed by atoms with E-state index in [9.17, 15) is 9.59 Å². The Balaban J connectivity index is 1.76. The Morgan fingerprint density at radius 1 is 1.37 bits per heavy atom. The fourth-order valence-electron chi connectivity index (χ4n) is 3.09. The molecule has 0 spiro atoms. The monoisotopic (exact) mass is 279 g/mol. The molecule has 0 saturated carbocycles. The summed E-state index contributed by atoms with van der Waals surface area (Å²) in [5, 5.41) is 8.90. The number of likely N-dealkylation sites (tertiary alicyclic amines) is 1. The first kappa shape index (κ1) is 12.7. The minimum Gasteiger partial charge on any atom is -0.481 e. The molecule has 1 aliphatic heterocycles. The average Bonchev–Trinajstić information content (AvgIpc) is 2.99. The molecule has 1 unspecified atom stereocenters. The van der Waals surface area contributed by atoms with Crippen LogP contribution in [0.4, 0.5) is 0 Å². The van der Waals surface area contributed by atoms with Crippen LogP contribution in [0.3, 0.4) is 0 Å². The first-order valence-corrected chi connectivity index (χ1v) is 7.61. The predicted molar refractivity (Wildman–Crippen MR) is 72.7 cm³/mol. The van der Waals surface area contributed by atoms with Crippen molar-refractivity contribution in [3.63, 3.8) is 0 Å². The molecule has 0 bridgehead atoms. The van der Waals surface area contributed by atoms with Crippen molar-refractivity contribution in [1.29, 1.82) is 0 Å². The summed E-state index contributed by atoms with van der Waals surface area (Å²) in [7, 11) is 0. The first-order chi connectivity index (χ1) is 9.15. The van der Waals surface area contributed by atoms with E-state index in [1.54, 1.807) is 16.2 Å². The van der Waals surface area contributed by atoms with Crippen molar-refractivity contribution < 1.29 is 14.7 Å². The van der Waals surface area contributed by atoms with E-state index in [-0.39, 0.29) is 18.4 Å². The number of carbonyl (C=O) groups is 2. The van der Waals surface area contributed by atoms with Crippen LogP contribution >= 0.6 is 11.3 Å². The molecule has 2 aliphatic rings. The second kappa shape index (κ2) is 4.96. The molecule has 3 rings (SSSR count). The molecular formula is C14H17NO3S. The fourth-order valence-corrected chi connectivity index (χ4v) is 4.30. The van der Waals surface area contributed by atoms with Gasteiger partial charge in [-0.25, -0.2) is 0 Å². The van der Waals surface area contributed by atoms with Gasteiger partial charge in [0, 0.05) is 17.5 Å². The van der Waals surface area contributed by atoms with Crippen LogP contribution in [0.5, 0.6) is 0 Å². The standard InChI is InChI=1S/C14H17NO3S/c16-13(17)8-10-4-2-6-15(10)14(18)12-7-9-3-1-5-11(9)19-12/h7,10H,1-6,8H2,(H,16,17). The van der Waals surface area contributed by atoms with Crippen molar-refractivity contribution in [2.24, 2.45) is 0 Å². The topological polar surface area (TPSA) is 57.6 Å². The van der Waals surface area contributed by atoms with E-state index in [1.807, 2.05) is 6.07 Å². The minimum absolute atomic E-state index is 0.0307. The number of thiophene rings is 1. The number of hydrogen-bond donors (Lipinski definition) is 1. The molecule has 2 heterocycles. The normalized spacial score (nSPS) is 21.7. The highest BCUT2D eigenvalue weighted by atomic mass is 32.1. The quantitative estimate of drug-likeness (QED) is 0.923. The largest absolute Gasteiger partial charge is 0.481 e. The van der Waals surface area contributed by atoms with Gasteiger partial charge in [-0.3, -0.25) is 9.59 Å². The van der Waals surface area contributed by atoms with Gasteiger partial charge in [0.25, 0.3) is 5.91 Å². The lowest BCUT2D eigenvalue weighted by Crippen LogP contribution is -2.36. The second-order valence-corrected chi connectivity index (χ2v) is 6.44. The van der Waals surface area contributed by atoms with Crippen LogP contribution in [0, 0.1) is 0 Å². The molecule has 0 aromatic carbocycles. The zero-order chi connectivity index (χ0) is 13.4. The summed E-state index contributed by atoms with van der Waals surface area (Å²) >= 11 is 1.60. The van der Waals surface area contributed by atoms with E-state index in [4.69, 9.17) is 5.11 Å². The van der Waals surface area contributed by atoms with Crippen molar-refractivity contribution in [3.8, 4) is 0 Å². The van der Waals surface area contributed by atoms with E-state index < -0.39 is 5.97 Å². The highest BCUT2D eigenvalue weighted by Gasteiger charge is 2.32. The summed E-state index contributed by atoms with van der Waals surface area (Å²) in [5.41, 5.74) is 1.32. The number of nitrogens with zero attached hydrogens (tertiary/aromatic N) is 1. The Kier molecular flexibility index (Phi) is 3.31. The molecule has 1 aromatic rings. The van der Waals surface area contributed by atoms with Crippen LogP contribution in [0.15, 0.2) is 6.07 Å². The SMILES string of the molecule is O=C(O)CC1CCCN1C(=O)c1cc2c(s1)CCC2. The van der Waals surface area contributed by atoms with Gasteiger partial charge in [0.05, 0.1) is 11.3 Å². The first-order valence-electron chi connectivity index (χ1n) is 6.79. The molecule has 4 nitrogen and oxygen atoms in total. The summed E-state index contributed by atoms with van der Waals surface area (Å²) in [5.74, 6) is -0.790. The lowest BCUT2D eigenvalue weighted by atomic mass is 10.1. The molecule has 19 heavy (non-hydrogen) atoms. The summed E-state index contributed by atoms with van der Waals surface area (Å²) in [6.07, 6.45) is 5.15. The Morgan fingerprint density at radius 3 is 2.95 bits per heavy atom. The number of carboxylic acids is 1. The number of amides is 1. The number of aryl methyl sites for hydroxylation is 2. The molecular weight excluding hydrogens is 262 g/mol. The Labute approximate surface area is 116 Å². The molecule has 1 aliphatic carbocycles. The average molecular weight is 279 g/mol. The van der Waals surface area contributed by atoms with Crippen molar-refractivity contribution in [1.82, 2.24) is 4.90 Å². The molecule has 1 aromatic heterocycles. The number of hydrogen-bond acceptors (Lipinski definition) is 3. The maximum atomic E-state index is 12.5. The van der Waals surface area contributed by atoms with Crippen molar-refractivity contribution in [2.75, 3.05) is 6.54 Å². The van der Waals surface area contributed by atoms with Crippen molar-refractivity contribution in [3.05, 3.63) is 21.4 Å². The third kappa shape index (κ3) is 2.39. The molecule has 1 saturated heterocycles. The van der Waals surface area contributed by atoms with Crippen LogP contribution in [-0.4, -0.2) is 34.5 Å². The minimum atomic E-state index is -0.821. The van der Waals surface area contributed by atoms with Gasteiger partial charge in [-0.2, -0.15) is 0 Å². The van der Waals surface area contributed by atoms with E-state index in [1.165, 1.54) is 16.9 Å². The fraction of sp³-hybridized carbons (Fsp3) is 0.571. The van der Waals surface area contributed by atoms with Gasteiger partial charge >= 0.3 is 5.97 Å². The van der Waals surface area contributed by atoms with Gasteiger partial charge in [-0.05, 0) is 43.7 Å². The number of aliphatic carboxylic acids is 1. The number of carbonyl (C=O) groups excluding carboxylic acids is 1. The van der Waals surface area contributed by atoms with Crippen LogP contribution in [0.2, 0.25) is 0 Å². The predicted octanol–water partition coefficient (Wildman–Crippen LogP) is 2.32. The zero-order valence-electron chi connectivity index (χ0n) is 10.7. The van der Waals surface area contributed by atoms with Gasteiger partial charge in [0.2, 0.25) is 0 Å². The lowest BCUT2D eigenvalue weighted by molar-refractivity contribution is -0.137. The van der Waals surface area contributed by atoms with Crippen LogP contribution in [0.1, 0.15) is 45.8 Å². The van der Waals surface area contributed by atoms with Gasteiger partial charge in [0.15, 0.2) is 0 Å². The molecule has 5 heteroatoms. The molecule has 1 fully saturated rings. The summed E-state index contributed by atoms with van der Waals surface area (Å²) in [6.45, 7) is 0.694. The Morgan fingerprint density at radius 2 is 2.21 bits per heavy atom. The van der Waals surface area contributed by atoms with Crippen LogP contribution in [-0.2, 0) is 17.6 Å². The van der Waals surface area contributed by atoms with Gasteiger partial charge in [-0.1, -0.05) is 0 Å². The molecule has 1 amide bonds. The summed E-state index contributed by atoms with van der Waals surface area (Å²) < 4.78 is 0. The Bertz CT molecular complexity index is 501. The molecule has 1 N–H and O–H groups in total. The number of fused-ring (bicyclic) bond motifs is 1. The smallest absolute Gasteiger partial charge is 0.305 e. The van der Waals surface area contributed by atoms with Crippen molar-refractivity contribution in [2.45, 2.75) is 44.6 Å². The highest BCUT2D eigenvalue weighted by molar-refractivity contribution is 7.14. The molecule has 1 atom stereocenters. The van der Waals surface area contributed by atoms with Gasteiger partial charge in [-0.15, -0.1) is 11.3 Å². The number of carboxylic acid groups (broad SMARTS) is 1. The van der Waals surface area contributed by atoms with Crippen molar-refractivity contribution >= 4 is 23.2 Å². The third-order valence-corrected chi connectivity index (χ3v) is 5.23. The van der Waals surface area contributed by atoms with E-state index in [0.717, 1.165) is 30.6 Å².